The van der Waals surface area contributed by atoms with Gasteiger partial charge < -0.3 is 20.3 Å². The quantitative estimate of drug-likeness (QED) is 0.202. The number of aromatic nitrogens is 5. The molecule has 274 valence electrons. The van der Waals surface area contributed by atoms with Crippen molar-refractivity contribution in [2.45, 2.75) is 49.9 Å². The number of amides is 1. The van der Waals surface area contributed by atoms with Gasteiger partial charge in [-0.3, -0.25) is 4.90 Å². The predicted octanol–water partition coefficient (Wildman–Crippen LogP) is 6.78. The van der Waals surface area contributed by atoms with Gasteiger partial charge in [-0.1, -0.05) is 24.6 Å². The highest BCUT2D eigenvalue weighted by atomic mass is 79.9. The zero-order chi connectivity index (χ0) is 37.0. The van der Waals surface area contributed by atoms with Crippen LogP contribution in [0.1, 0.15) is 38.2 Å². The zero-order valence-corrected chi connectivity index (χ0v) is 31.4. The third kappa shape index (κ3) is 5.19. The molecule has 2 N–H and O–H groups in total. The van der Waals surface area contributed by atoms with Crippen LogP contribution in [-0.2, 0) is 0 Å². The highest BCUT2D eigenvalue weighted by molar-refractivity contribution is 9.10. The molecule has 4 saturated heterocycles. The molecule has 4 aliphatic rings. The van der Waals surface area contributed by atoms with Crippen LogP contribution in [0.15, 0.2) is 29.3 Å². The minimum Gasteiger partial charge on any atom is -0.461 e. The molecule has 2 aromatic carbocycles. The van der Waals surface area contributed by atoms with Gasteiger partial charge >= 0.3 is 12.0 Å². The highest BCUT2D eigenvalue weighted by Crippen LogP contribution is 2.49. The van der Waals surface area contributed by atoms with Crippen molar-refractivity contribution < 1.29 is 22.7 Å². The van der Waals surface area contributed by atoms with E-state index in [1.165, 1.54) is 23.1 Å². The first-order chi connectivity index (χ1) is 25.4. The first-order valence-corrected chi connectivity index (χ1v) is 19.2. The second-order valence-electron chi connectivity index (χ2n) is 14.4. The average Bonchev–Trinajstić information content (AvgIpc) is 3.96. The molecule has 0 radical (unpaired) electrons. The van der Waals surface area contributed by atoms with E-state index in [0.717, 1.165) is 30.7 Å². The largest absolute Gasteiger partial charge is 0.461 e. The van der Waals surface area contributed by atoms with Gasteiger partial charge in [0.1, 0.15) is 47.3 Å². The smallest absolute Gasteiger partial charge is 0.346 e. The Hall–Kier alpha value is -4.24. The van der Waals surface area contributed by atoms with E-state index < -0.39 is 28.9 Å². The fourth-order valence-electron chi connectivity index (χ4n) is 9.00. The number of halogens is 5. The summed E-state index contributed by atoms with van der Waals surface area (Å²) in [6.07, 6.45) is 2.98. The molecule has 1 spiro atoms. The van der Waals surface area contributed by atoms with Gasteiger partial charge in [-0.2, -0.15) is 19.9 Å². The minimum atomic E-state index is -0.972. The molecule has 12 nitrogen and oxygen atoms in total. The van der Waals surface area contributed by atoms with Gasteiger partial charge in [0.25, 0.3) is 0 Å². The lowest BCUT2D eigenvalue weighted by molar-refractivity contribution is -0.0201. The second kappa shape index (κ2) is 12.4. The number of nitrogen functional groups attached to an aromatic ring is 1. The SMILES string of the molecule is C[C@H]1CN(C(=O)n2cnc(Br)n2)[C@]12CCN(c1nc(OC[C@@]34CCCN3C[C@H](F)C4)nc3c(F)c(-c4ccc(F)c5sc(N)c(C#N)c45)c(Cl)cc13)C2. The summed E-state index contributed by atoms with van der Waals surface area (Å²) in [7, 11) is 0. The van der Waals surface area contributed by atoms with Crippen LogP contribution in [0.4, 0.5) is 28.8 Å². The van der Waals surface area contributed by atoms with Gasteiger partial charge in [-0.05, 0) is 65.4 Å². The number of anilines is 2. The number of alkyl halides is 1. The summed E-state index contributed by atoms with van der Waals surface area (Å²) in [6.45, 7) is 4.68. The predicted molar refractivity (Wildman–Crippen MR) is 197 cm³/mol. The third-order valence-corrected chi connectivity index (χ3v) is 13.3. The van der Waals surface area contributed by atoms with Crippen LogP contribution < -0.4 is 15.4 Å². The molecule has 0 bridgehead atoms. The van der Waals surface area contributed by atoms with Crippen molar-refractivity contribution in [2.75, 3.05) is 50.0 Å². The first-order valence-electron chi connectivity index (χ1n) is 17.2. The van der Waals surface area contributed by atoms with E-state index in [0.29, 0.717) is 55.0 Å². The summed E-state index contributed by atoms with van der Waals surface area (Å²) in [4.78, 5) is 32.9. The summed E-state index contributed by atoms with van der Waals surface area (Å²) >= 11 is 11.0. The molecular weight excluding hydrogens is 797 g/mol. The number of hydrogen-bond acceptors (Lipinski definition) is 11. The lowest BCUT2D eigenvalue weighted by Crippen LogP contribution is -2.70. The number of carbonyl (C=O) groups excluding carboxylic acids is 1. The maximum Gasteiger partial charge on any atom is 0.346 e. The number of likely N-dealkylation sites (tertiary alicyclic amines) is 1. The fourth-order valence-corrected chi connectivity index (χ4v) is 10.5. The van der Waals surface area contributed by atoms with E-state index in [4.69, 9.17) is 27.1 Å². The fraction of sp³-hybridized carbons (Fsp3) is 0.429. The number of carbonyl (C=O) groups is 1. The Kier molecular flexibility index (Phi) is 8.08. The summed E-state index contributed by atoms with van der Waals surface area (Å²) in [6, 6.07) is 5.77. The maximum atomic E-state index is 17.2. The summed E-state index contributed by atoms with van der Waals surface area (Å²) in [5, 5.41) is 14.6. The molecule has 5 aromatic rings. The van der Waals surface area contributed by atoms with Crippen LogP contribution in [-0.4, -0.2) is 97.1 Å². The molecule has 3 aromatic heterocycles. The van der Waals surface area contributed by atoms with E-state index >= 15 is 4.39 Å². The van der Waals surface area contributed by atoms with Crippen molar-refractivity contribution in [1.82, 2.24) is 34.5 Å². The topological polar surface area (TPSA) is 142 Å². The van der Waals surface area contributed by atoms with E-state index in [1.807, 2.05) is 11.0 Å². The number of nitrogens with two attached hydrogens (primary N) is 1. The van der Waals surface area contributed by atoms with E-state index in [-0.39, 0.29) is 66.9 Å². The minimum absolute atomic E-state index is 0.00463. The number of benzene rings is 2. The second-order valence-corrected chi connectivity index (χ2v) is 16.6. The zero-order valence-electron chi connectivity index (χ0n) is 28.3. The summed E-state index contributed by atoms with van der Waals surface area (Å²) in [5.74, 6) is -0.913. The normalized spacial score (nSPS) is 25.5. The Morgan fingerprint density at radius 2 is 2.08 bits per heavy atom. The molecular formula is C35H31BrClF3N10O2S. The molecule has 4 fully saturated rings. The summed E-state index contributed by atoms with van der Waals surface area (Å²) in [5.41, 5.74) is 5.07. The van der Waals surface area contributed by atoms with Crippen molar-refractivity contribution in [3.05, 3.63) is 51.5 Å². The van der Waals surface area contributed by atoms with Crippen LogP contribution >= 0.6 is 38.9 Å². The van der Waals surface area contributed by atoms with Gasteiger partial charge in [0, 0.05) is 48.9 Å². The van der Waals surface area contributed by atoms with Crippen LogP contribution in [0.3, 0.4) is 0 Å². The van der Waals surface area contributed by atoms with Crippen LogP contribution in [0, 0.1) is 28.9 Å². The third-order valence-electron chi connectivity index (χ3n) is 11.7. The van der Waals surface area contributed by atoms with E-state index in [1.54, 1.807) is 11.0 Å². The Morgan fingerprint density at radius 3 is 2.83 bits per heavy atom. The number of nitriles is 1. The summed E-state index contributed by atoms with van der Waals surface area (Å²) < 4.78 is 54.7. The number of rotatable bonds is 5. The molecule has 1 amide bonds. The Balaban J connectivity index is 1.16. The molecule has 4 aliphatic heterocycles. The van der Waals surface area contributed by atoms with Gasteiger partial charge in [0.15, 0.2) is 5.82 Å². The van der Waals surface area contributed by atoms with Crippen LogP contribution in [0.25, 0.3) is 32.1 Å². The van der Waals surface area contributed by atoms with E-state index in [2.05, 4.69) is 42.8 Å². The Labute approximate surface area is 318 Å². The molecule has 18 heteroatoms. The van der Waals surface area contributed by atoms with Gasteiger partial charge in [-0.15, -0.1) is 16.4 Å². The average molecular weight is 828 g/mol. The number of hydrogen-bond donors (Lipinski definition) is 1. The molecule has 0 aliphatic carbocycles. The van der Waals surface area contributed by atoms with Crippen molar-refractivity contribution in [3.63, 3.8) is 0 Å². The Bertz CT molecular complexity index is 2410. The van der Waals surface area contributed by atoms with Crippen molar-refractivity contribution >= 4 is 76.7 Å². The van der Waals surface area contributed by atoms with Crippen molar-refractivity contribution in [1.29, 1.82) is 5.26 Å². The van der Waals surface area contributed by atoms with Gasteiger partial charge in [0.2, 0.25) is 4.73 Å². The number of nitrogens with zero attached hydrogens (tertiary/aromatic N) is 9. The highest BCUT2D eigenvalue weighted by Gasteiger charge is 2.57. The first kappa shape index (κ1) is 34.5. The molecule has 0 saturated carbocycles. The van der Waals surface area contributed by atoms with Gasteiger partial charge in [-0.25, -0.2) is 22.9 Å². The molecule has 0 unspecified atom stereocenters. The molecule has 4 atom stereocenters. The molecule has 7 heterocycles. The molecule has 9 rings (SSSR count). The standard InChI is InChI=1S/C35H31BrClF3N10O2S/c1-17-12-49(33(51)50-16-43-31(36)46-50)35(17)6-8-47(14-35)30-20-9-22(37)25(19-3-4-23(39)28-24(19)21(11-41)29(42)53-28)26(40)27(20)44-32(45-30)52-15-34-5-2-7-48(34)13-18(38)10-34/h3-4,9,16-18H,2,5-8,10,12-15,42H2,1H3/t17-,18+,34-,35-/m0/s1. The number of ether oxygens (including phenoxy) is 1. The maximum absolute atomic E-state index is 17.2. The van der Waals surface area contributed by atoms with Crippen molar-refractivity contribution in [2.24, 2.45) is 5.92 Å². The van der Waals surface area contributed by atoms with Crippen LogP contribution in [0.5, 0.6) is 6.01 Å². The monoisotopic (exact) mass is 826 g/mol. The van der Waals surface area contributed by atoms with E-state index in [9.17, 15) is 18.8 Å². The van der Waals surface area contributed by atoms with Crippen LogP contribution in [0.2, 0.25) is 5.02 Å². The Morgan fingerprint density at radius 1 is 1.25 bits per heavy atom. The lowest BCUT2D eigenvalue weighted by Gasteiger charge is -2.55. The lowest BCUT2D eigenvalue weighted by atomic mass is 9.74. The van der Waals surface area contributed by atoms with Crippen molar-refractivity contribution in [3.8, 4) is 23.2 Å². The van der Waals surface area contributed by atoms with Gasteiger partial charge in [0.05, 0.1) is 26.4 Å². The molecule has 53 heavy (non-hydrogen) atoms. The number of thiophene rings is 1. The number of fused-ring (bicyclic) bond motifs is 3.